The van der Waals surface area contributed by atoms with Gasteiger partial charge in [0.2, 0.25) is 5.91 Å². The SMILES string of the molecule is Cc1cc(F)ccc1NC(=O)CNC1CCCC1. The van der Waals surface area contributed by atoms with Gasteiger partial charge in [-0.15, -0.1) is 0 Å². The van der Waals surface area contributed by atoms with Crippen molar-refractivity contribution >= 4 is 11.6 Å². The van der Waals surface area contributed by atoms with Crippen LogP contribution in [-0.2, 0) is 4.79 Å². The maximum atomic E-state index is 12.9. The molecule has 0 radical (unpaired) electrons. The van der Waals surface area contributed by atoms with Crippen LogP contribution in [0.2, 0.25) is 0 Å². The number of anilines is 1. The number of hydrogen-bond acceptors (Lipinski definition) is 2. The average molecular weight is 250 g/mol. The van der Waals surface area contributed by atoms with E-state index in [1.165, 1.54) is 25.0 Å². The number of hydrogen-bond donors (Lipinski definition) is 2. The van der Waals surface area contributed by atoms with Gasteiger partial charge in [0.1, 0.15) is 5.82 Å². The fourth-order valence-corrected chi connectivity index (χ4v) is 2.33. The fourth-order valence-electron chi connectivity index (χ4n) is 2.33. The molecule has 0 aliphatic heterocycles. The van der Waals surface area contributed by atoms with E-state index < -0.39 is 0 Å². The molecule has 0 saturated heterocycles. The Morgan fingerprint density at radius 3 is 2.78 bits per heavy atom. The summed E-state index contributed by atoms with van der Waals surface area (Å²) in [4.78, 5) is 11.7. The Morgan fingerprint density at radius 1 is 1.39 bits per heavy atom. The second-order valence-corrected chi connectivity index (χ2v) is 4.87. The van der Waals surface area contributed by atoms with Gasteiger partial charge in [0.05, 0.1) is 6.54 Å². The van der Waals surface area contributed by atoms with Gasteiger partial charge in [0, 0.05) is 11.7 Å². The number of aryl methyl sites for hydroxylation is 1. The Balaban J connectivity index is 1.82. The van der Waals surface area contributed by atoms with Gasteiger partial charge in [-0.25, -0.2) is 4.39 Å². The van der Waals surface area contributed by atoms with Crippen LogP contribution in [0.25, 0.3) is 0 Å². The van der Waals surface area contributed by atoms with Crippen LogP contribution < -0.4 is 10.6 Å². The van der Waals surface area contributed by atoms with Crippen molar-refractivity contribution in [2.45, 2.75) is 38.6 Å². The number of rotatable bonds is 4. The van der Waals surface area contributed by atoms with Gasteiger partial charge in [-0.05, 0) is 43.5 Å². The second-order valence-electron chi connectivity index (χ2n) is 4.87. The van der Waals surface area contributed by atoms with Crippen molar-refractivity contribution in [3.05, 3.63) is 29.6 Å². The van der Waals surface area contributed by atoms with E-state index in [1.54, 1.807) is 13.0 Å². The molecule has 0 unspecified atom stereocenters. The van der Waals surface area contributed by atoms with E-state index in [2.05, 4.69) is 10.6 Å². The summed E-state index contributed by atoms with van der Waals surface area (Å²) in [6.45, 7) is 2.10. The van der Waals surface area contributed by atoms with E-state index in [0.717, 1.165) is 18.4 Å². The molecule has 1 aliphatic rings. The van der Waals surface area contributed by atoms with E-state index >= 15 is 0 Å². The minimum atomic E-state index is -0.283. The molecule has 1 amide bonds. The molecular weight excluding hydrogens is 231 g/mol. The van der Waals surface area contributed by atoms with Crippen LogP contribution in [0.4, 0.5) is 10.1 Å². The lowest BCUT2D eigenvalue weighted by Gasteiger charge is -2.12. The van der Waals surface area contributed by atoms with Crippen LogP contribution in [-0.4, -0.2) is 18.5 Å². The monoisotopic (exact) mass is 250 g/mol. The number of carbonyl (C=O) groups excluding carboxylic acids is 1. The highest BCUT2D eigenvalue weighted by Gasteiger charge is 2.15. The predicted molar refractivity (Wildman–Crippen MR) is 70.0 cm³/mol. The van der Waals surface area contributed by atoms with Crippen molar-refractivity contribution in [1.82, 2.24) is 5.32 Å². The summed E-state index contributed by atoms with van der Waals surface area (Å²) in [5, 5.41) is 6.04. The molecule has 4 heteroatoms. The highest BCUT2D eigenvalue weighted by molar-refractivity contribution is 5.92. The first-order chi connectivity index (χ1) is 8.65. The summed E-state index contributed by atoms with van der Waals surface area (Å²) in [6, 6.07) is 4.84. The number of amides is 1. The Kier molecular flexibility index (Phi) is 4.31. The van der Waals surface area contributed by atoms with Crippen molar-refractivity contribution < 1.29 is 9.18 Å². The third-order valence-electron chi connectivity index (χ3n) is 3.37. The summed E-state index contributed by atoms with van der Waals surface area (Å²) < 4.78 is 12.9. The van der Waals surface area contributed by atoms with E-state index in [0.29, 0.717) is 18.3 Å². The maximum Gasteiger partial charge on any atom is 0.238 e. The Labute approximate surface area is 107 Å². The van der Waals surface area contributed by atoms with Gasteiger partial charge in [0.15, 0.2) is 0 Å². The average Bonchev–Trinajstić information content (AvgIpc) is 2.83. The molecule has 2 rings (SSSR count). The van der Waals surface area contributed by atoms with E-state index in [4.69, 9.17) is 0 Å². The van der Waals surface area contributed by atoms with Gasteiger partial charge >= 0.3 is 0 Å². The van der Waals surface area contributed by atoms with Crippen LogP contribution >= 0.6 is 0 Å². The first-order valence-electron chi connectivity index (χ1n) is 6.44. The fraction of sp³-hybridized carbons (Fsp3) is 0.500. The van der Waals surface area contributed by atoms with Crippen molar-refractivity contribution in [3.8, 4) is 0 Å². The van der Waals surface area contributed by atoms with Crippen LogP contribution in [0, 0.1) is 12.7 Å². The molecule has 18 heavy (non-hydrogen) atoms. The minimum Gasteiger partial charge on any atom is -0.325 e. The smallest absolute Gasteiger partial charge is 0.238 e. The van der Waals surface area contributed by atoms with Crippen LogP contribution in [0.3, 0.4) is 0 Å². The first-order valence-corrected chi connectivity index (χ1v) is 6.44. The number of halogens is 1. The highest BCUT2D eigenvalue weighted by Crippen LogP contribution is 2.18. The highest BCUT2D eigenvalue weighted by atomic mass is 19.1. The molecule has 1 aliphatic carbocycles. The zero-order valence-electron chi connectivity index (χ0n) is 10.6. The molecular formula is C14H19FN2O. The van der Waals surface area contributed by atoms with E-state index in [1.807, 2.05) is 0 Å². The molecule has 1 saturated carbocycles. The van der Waals surface area contributed by atoms with Crippen molar-refractivity contribution in [2.75, 3.05) is 11.9 Å². The van der Waals surface area contributed by atoms with Gasteiger partial charge in [-0.2, -0.15) is 0 Å². The van der Waals surface area contributed by atoms with Crippen molar-refractivity contribution in [3.63, 3.8) is 0 Å². The molecule has 0 spiro atoms. The third kappa shape index (κ3) is 3.53. The van der Waals surface area contributed by atoms with Crippen LogP contribution in [0.1, 0.15) is 31.2 Å². The van der Waals surface area contributed by atoms with Crippen LogP contribution in [0.5, 0.6) is 0 Å². The quantitative estimate of drug-likeness (QED) is 0.862. The molecule has 1 aromatic rings. The summed E-state index contributed by atoms with van der Waals surface area (Å²) in [7, 11) is 0. The number of nitrogens with one attached hydrogen (secondary N) is 2. The minimum absolute atomic E-state index is 0.0726. The number of benzene rings is 1. The number of carbonyl (C=O) groups is 1. The molecule has 98 valence electrons. The lowest BCUT2D eigenvalue weighted by atomic mass is 10.2. The third-order valence-corrected chi connectivity index (χ3v) is 3.37. The summed E-state index contributed by atoms with van der Waals surface area (Å²) in [5.74, 6) is -0.355. The molecule has 1 fully saturated rings. The second kappa shape index (κ2) is 5.96. The van der Waals surface area contributed by atoms with Crippen molar-refractivity contribution in [1.29, 1.82) is 0 Å². The summed E-state index contributed by atoms with van der Waals surface area (Å²) in [5.41, 5.74) is 1.42. The Hall–Kier alpha value is -1.42. The summed E-state index contributed by atoms with van der Waals surface area (Å²) in [6.07, 6.45) is 4.80. The van der Waals surface area contributed by atoms with E-state index in [9.17, 15) is 9.18 Å². The standard InChI is InChI=1S/C14H19FN2O/c1-10-8-11(15)6-7-13(10)17-14(18)9-16-12-4-2-3-5-12/h6-8,12,16H,2-5,9H2,1H3,(H,17,18). The molecule has 0 bridgehead atoms. The zero-order valence-corrected chi connectivity index (χ0v) is 10.6. The van der Waals surface area contributed by atoms with Crippen molar-refractivity contribution in [2.24, 2.45) is 0 Å². The molecule has 2 N–H and O–H groups in total. The maximum absolute atomic E-state index is 12.9. The van der Waals surface area contributed by atoms with Gasteiger partial charge in [-0.3, -0.25) is 4.79 Å². The Bertz CT molecular complexity index is 428. The van der Waals surface area contributed by atoms with Gasteiger partial charge < -0.3 is 10.6 Å². The normalized spacial score (nSPS) is 15.9. The molecule has 0 aromatic heterocycles. The van der Waals surface area contributed by atoms with Gasteiger partial charge in [-0.1, -0.05) is 12.8 Å². The lowest BCUT2D eigenvalue weighted by Crippen LogP contribution is -2.34. The molecule has 3 nitrogen and oxygen atoms in total. The topological polar surface area (TPSA) is 41.1 Å². The summed E-state index contributed by atoms with van der Waals surface area (Å²) >= 11 is 0. The molecule has 0 atom stereocenters. The van der Waals surface area contributed by atoms with Gasteiger partial charge in [0.25, 0.3) is 0 Å². The van der Waals surface area contributed by atoms with E-state index in [-0.39, 0.29) is 11.7 Å². The lowest BCUT2D eigenvalue weighted by molar-refractivity contribution is -0.115. The molecule has 0 heterocycles. The predicted octanol–water partition coefficient (Wildman–Crippen LogP) is 2.60. The van der Waals surface area contributed by atoms with Crippen LogP contribution in [0.15, 0.2) is 18.2 Å². The molecule has 1 aromatic carbocycles. The Morgan fingerprint density at radius 2 is 2.11 bits per heavy atom. The zero-order chi connectivity index (χ0) is 13.0. The largest absolute Gasteiger partial charge is 0.325 e. The first kappa shape index (κ1) is 13.0.